The van der Waals surface area contributed by atoms with Gasteiger partial charge in [0, 0.05) is 35.4 Å². The normalized spacial score (nSPS) is 16.8. The molecule has 0 radical (unpaired) electrons. The second kappa shape index (κ2) is 6.15. The highest BCUT2D eigenvalue weighted by Gasteiger charge is 2.28. The second-order valence-corrected chi connectivity index (χ2v) is 7.97. The predicted octanol–water partition coefficient (Wildman–Crippen LogP) is 4.44. The van der Waals surface area contributed by atoms with Crippen molar-refractivity contribution in [2.75, 3.05) is 13.1 Å². The summed E-state index contributed by atoms with van der Waals surface area (Å²) in [6, 6.07) is 4.16. The zero-order valence-corrected chi connectivity index (χ0v) is 15.3. The van der Waals surface area contributed by atoms with E-state index in [1.54, 1.807) is 4.90 Å². The van der Waals surface area contributed by atoms with Crippen molar-refractivity contribution in [3.63, 3.8) is 0 Å². The number of hydrogen-bond acceptors (Lipinski definition) is 3. The van der Waals surface area contributed by atoms with Gasteiger partial charge >= 0.3 is 6.09 Å². The molecule has 0 atom stereocenters. The summed E-state index contributed by atoms with van der Waals surface area (Å²) in [4.78, 5) is 21.8. The third kappa shape index (κ3) is 3.86. The molecule has 124 valence electrons. The number of ether oxygens (including phenoxy) is 1. The van der Waals surface area contributed by atoms with E-state index in [-0.39, 0.29) is 6.09 Å². The fraction of sp³-hybridized carbons (Fsp3) is 0.529. The minimum atomic E-state index is -0.440. The lowest BCUT2D eigenvalue weighted by Gasteiger charge is -2.33. The maximum absolute atomic E-state index is 12.1. The summed E-state index contributed by atoms with van der Waals surface area (Å²) in [6.45, 7) is 7.14. The summed E-state index contributed by atoms with van der Waals surface area (Å²) in [6.07, 6.45) is 3.48. The van der Waals surface area contributed by atoms with Crippen LogP contribution in [0, 0.1) is 0 Å². The summed E-state index contributed by atoms with van der Waals surface area (Å²) in [5.74, 6) is 0.432. The minimum Gasteiger partial charge on any atom is -0.444 e. The molecule has 1 N–H and O–H groups in total. The number of pyridine rings is 1. The van der Waals surface area contributed by atoms with Gasteiger partial charge in [-0.3, -0.25) is 4.98 Å². The number of fused-ring (bicyclic) bond motifs is 1. The number of hydrogen-bond donors (Lipinski definition) is 1. The van der Waals surface area contributed by atoms with E-state index >= 15 is 0 Å². The third-order valence-corrected chi connectivity index (χ3v) is 4.48. The van der Waals surface area contributed by atoms with Crippen LogP contribution in [0.1, 0.15) is 45.2 Å². The number of aromatic nitrogens is 2. The number of nitrogens with one attached hydrogen (secondary N) is 1. The number of carbonyl (C=O) groups is 1. The number of halogens is 1. The van der Waals surface area contributed by atoms with Gasteiger partial charge in [-0.25, -0.2) is 4.79 Å². The highest BCUT2D eigenvalue weighted by Crippen LogP contribution is 2.30. The maximum Gasteiger partial charge on any atom is 0.410 e. The SMILES string of the molecule is CC(C)(C)OC(=O)N1CCC(c2cc3ncc(Br)cc3[nH]2)CC1. The maximum atomic E-state index is 12.1. The van der Waals surface area contributed by atoms with E-state index in [0.717, 1.165) is 41.4 Å². The van der Waals surface area contributed by atoms with Crippen LogP contribution >= 0.6 is 15.9 Å². The molecule has 3 heterocycles. The number of nitrogens with zero attached hydrogens (tertiary/aromatic N) is 2. The number of piperidine rings is 1. The van der Waals surface area contributed by atoms with Gasteiger partial charge < -0.3 is 14.6 Å². The van der Waals surface area contributed by atoms with Crippen LogP contribution in [0.4, 0.5) is 4.79 Å². The van der Waals surface area contributed by atoms with Gasteiger partial charge in [0.25, 0.3) is 0 Å². The molecule has 5 nitrogen and oxygen atoms in total. The summed E-state index contributed by atoms with van der Waals surface area (Å²) in [5.41, 5.74) is 2.79. The Bertz CT molecular complexity index is 712. The Morgan fingerprint density at radius 3 is 2.70 bits per heavy atom. The minimum absolute atomic E-state index is 0.210. The van der Waals surface area contributed by atoms with Crippen molar-refractivity contribution >= 4 is 33.1 Å². The lowest BCUT2D eigenvalue weighted by atomic mass is 9.94. The molecule has 0 spiro atoms. The average molecular weight is 380 g/mol. The largest absolute Gasteiger partial charge is 0.444 e. The first-order chi connectivity index (χ1) is 10.8. The molecule has 23 heavy (non-hydrogen) atoms. The van der Waals surface area contributed by atoms with Crippen molar-refractivity contribution in [1.29, 1.82) is 0 Å². The Balaban J connectivity index is 1.65. The first kappa shape index (κ1) is 16.3. The average Bonchev–Trinajstić information content (AvgIpc) is 2.88. The number of likely N-dealkylation sites (tertiary alicyclic amines) is 1. The lowest BCUT2D eigenvalue weighted by Crippen LogP contribution is -2.41. The van der Waals surface area contributed by atoms with Gasteiger partial charge in [-0.05, 0) is 61.7 Å². The molecule has 0 saturated carbocycles. The molecule has 1 aliphatic heterocycles. The van der Waals surface area contributed by atoms with E-state index in [0.29, 0.717) is 5.92 Å². The van der Waals surface area contributed by atoms with Crippen LogP contribution in [0.3, 0.4) is 0 Å². The Hall–Kier alpha value is -1.56. The van der Waals surface area contributed by atoms with Crippen molar-refractivity contribution in [3.8, 4) is 0 Å². The summed E-state index contributed by atoms with van der Waals surface area (Å²) >= 11 is 3.44. The molecule has 6 heteroatoms. The number of rotatable bonds is 1. The van der Waals surface area contributed by atoms with Crippen molar-refractivity contribution in [2.24, 2.45) is 0 Å². The molecule has 1 amide bonds. The van der Waals surface area contributed by atoms with Gasteiger partial charge in [0.05, 0.1) is 11.0 Å². The molecule has 2 aromatic rings. The molecular weight excluding hydrogens is 358 g/mol. The van der Waals surface area contributed by atoms with Crippen LogP contribution in [-0.2, 0) is 4.74 Å². The topological polar surface area (TPSA) is 58.2 Å². The predicted molar refractivity (Wildman–Crippen MR) is 93.6 cm³/mol. The highest BCUT2D eigenvalue weighted by atomic mass is 79.9. The van der Waals surface area contributed by atoms with E-state index in [2.05, 4.69) is 32.0 Å². The molecule has 1 fully saturated rings. The number of H-pyrrole nitrogens is 1. The molecule has 1 saturated heterocycles. The van der Waals surface area contributed by atoms with Gasteiger partial charge in [-0.2, -0.15) is 0 Å². The van der Waals surface area contributed by atoms with Crippen LogP contribution in [0.2, 0.25) is 0 Å². The number of amides is 1. The molecular formula is C17H22BrN3O2. The van der Waals surface area contributed by atoms with Crippen molar-refractivity contribution in [3.05, 3.63) is 28.5 Å². The summed E-state index contributed by atoms with van der Waals surface area (Å²) in [5, 5.41) is 0. The number of carbonyl (C=O) groups excluding carboxylic acids is 1. The van der Waals surface area contributed by atoms with Crippen LogP contribution in [0.25, 0.3) is 11.0 Å². The Kier molecular flexibility index (Phi) is 4.36. The van der Waals surface area contributed by atoms with E-state index in [1.807, 2.05) is 33.0 Å². The smallest absolute Gasteiger partial charge is 0.410 e. The quantitative estimate of drug-likeness (QED) is 0.796. The van der Waals surface area contributed by atoms with Gasteiger partial charge in [0.2, 0.25) is 0 Å². The van der Waals surface area contributed by atoms with Gasteiger partial charge in [0.15, 0.2) is 0 Å². The molecule has 0 aromatic carbocycles. The summed E-state index contributed by atoms with van der Waals surface area (Å²) < 4.78 is 6.41. The van der Waals surface area contributed by atoms with Crippen LogP contribution in [-0.4, -0.2) is 39.7 Å². The van der Waals surface area contributed by atoms with Gasteiger partial charge in [-0.1, -0.05) is 0 Å². The molecule has 1 aliphatic rings. The molecule has 0 aliphatic carbocycles. The standard InChI is InChI=1S/C17H22BrN3O2/c1-17(2,3)23-16(22)21-6-4-11(5-7-21)13-9-14-15(20-13)8-12(18)10-19-14/h8-11,20H,4-7H2,1-3H3. The van der Waals surface area contributed by atoms with Crippen molar-refractivity contribution in [1.82, 2.24) is 14.9 Å². The highest BCUT2D eigenvalue weighted by molar-refractivity contribution is 9.10. The molecule has 2 aromatic heterocycles. The second-order valence-electron chi connectivity index (χ2n) is 7.05. The van der Waals surface area contributed by atoms with E-state index in [1.165, 1.54) is 5.69 Å². The Morgan fingerprint density at radius 1 is 1.35 bits per heavy atom. The van der Waals surface area contributed by atoms with Gasteiger partial charge in [-0.15, -0.1) is 0 Å². The summed E-state index contributed by atoms with van der Waals surface area (Å²) in [7, 11) is 0. The van der Waals surface area contributed by atoms with Gasteiger partial charge in [0.1, 0.15) is 5.60 Å². The zero-order valence-electron chi connectivity index (χ0n) is 13.7. The fourth-order valence-electron chi connectivity index (χ4n) is 2.92. The van der Waals surface area contributed by atoms with Crippen molar-refractivity contribution in [2.45, 2.75) is 45.1 Å². The van der Waals surface area contributed by atoms with Crippen LogP contribution in [0.15, 0.2) is 22.8 Å². The Morgan fingerprint density at radius 2 is 2.04 bits per heavy atom. The number of aromatic amines is 1. The third-order valence-electron chi connectivity index (χ3n) is 4.04. The Labute approximate surface area is 144 Å². The van der Waals surface area contributed by atoms with Crippen LogP contribution in [0.5, 0.6) is 0 Å². The van der Waals surface area contributed by atoms with Crippen molar-refractivity contribution < 1.29 is 9.53 Å². The van der Waals surface area contributed by atoms with E-state index < -0.39 is 5.60 Å². The van der Waals surface area contributed by atoms with Crippen LogP contribution < -0.4 is 0 Å². The molecule has 0 unspecified atom stereocenters. The van der Waals surface area contributed by atoms with E-state index in [4.69, 9.17) is 4.74 Å². The first-order valence-electron chi connectivity index (χ1n) is 7.94. The zero-order chi connectivity index (χ0) is 16.6. The lowest BCUT2D eigenvalue weighted by molar-refractivity contribution is 0.0204. The molecule has 3 rings (SSSR count). The van der Waals surface area contributed by atoms with E-state index in [9.17, 15) is 4.79 Å². The monoisotopic (exact) mass is 379 g/mol. The molecule has 0 bridgehead atoms. The fourth-order valence-corrected chi connectivity index (χ4v) is 3.25. The first-order valence-corrected chi connectivity index (χ1v) is 8.73.